The van der Waals surface area contributed by atoms with Crippen molar-refractivity contribution >= 4 is 11.8 Å². The molecule has 1 saturated carbocycles. The van der Waals surface area contributed by atoms with Gasteiger partial charge in [-0.25, -0.2) is 14.8 Å². The fraction of sp³-hybridized carbons (Fsp3) is 0.583. The molecule has 1 N–H and O–H groups in total. The molecule has 0 aromatic carbocycles. The molecule has 6 nitrogen and oxygen atoms in total. The second-order valence-electron chi connectivity index (χ2n) is 4.82. The molecule has 0 amide bonds. The maximum Gasteiger partial charge on any atom is 0.356 e. The number of nitrogens with zero attached hydrogens (tertiary/aromatic N) is 4. The van der Waals surface area contributed by atoms with Crippen LogP contribution in [0.3, 0.4) is 0 Å². The number of aromatic nitrogens is 2. The zero-order valence-electron chi connectivity index (χ0n) is 10.1. The molecular formula is C12H16N4O2. The molecule has 1 aromatic rings. The van der Waals surface area contributed by atoms with E-state index in [0.717, 1.165) is 38.0 Å². The lowest BCUT2D eigenvalue weighted by atomic mass is 10.3. The van der Waals surface area contributed by atoms with E-state index >= 15 is 0 Å². The second kappa shape index (κ2) is 4.53. The highest BCUT2D eigenvalue weighted by molar-refractivity contribution is 5.84. The van der Waals surface area contributed by atoms with E-state index in [1.807, 2.05) is 0 Å². The molecular weight excluding hydrogens is 232 g/mol. The summed E-state index contributed by atoms with van der Waals surface area (Å²) >= 11 is 0. The summed E-state index contributed by atoms with van der Waals surface area (Å²) in [5, 5.41) is 8.77. The number of carboxylic acid groups (broad SMARTS) is 1. The Bertz CT molecular complexity index is 436. The molecule has 1 aromatic heterocycles. The molecule has 0 spiro atoms. The molecule has 0 radical (unpaired) electrons. The van der Waals surface area contributed by atoms with Crippen LogP contribution in [0.15, 0.2) is 12.4 Å². The van der Waals surface area contributed by atoms with Gasteiger partial charge in [-0.3, -0.25) is 4.90 Å². The highest BCUT2D eigenvalue weighted by Crippen LogP contribution is 2.28. The van der Waals surface area contributed by atoms with Gasteiger partial charge in [-0.1, -0.05) is 0 Å². The first-order valence-electron chi connectivity index (χ1n) is 6.28. The van der Waals surface area contributed by atoms with Crippen LogP contribution in [0.5, 0.6) is 0 Å². The maximum absolute atomic E-state index is 10.7. The van der Waals surface area contributed by atoms with Crippen LogP contribution in [0.1, 0.15) is 23.3 Å². The summed E-state index contributed by atoms with van der Waals surface area (Å²) in [7, 11) is 0. The van der Waals surface area contributed by atoms with Gasteiger partial charge in [-0.15, -0.1) is 0 Å². The second-order valence-corrected chi connectivity index (χ2v) is 4.82. The topological polar surface area (TPSA) is 69.6 Å². The van der Waals surface area contributed by atoms with Crippen molar-refractivity contribution in [1.82, 2.24) is 14.9 Å². The van der Waals surface area contributed by atoms with Crippen molar-refractivity contribution in [2.24, 2.45) is 0 Å². The molecule has 0 atom stereocenters. The van der Waals surface area contributed by atoms with Gasteiger partial charge in [0.15, 0.2) is 5.69 Å². The van der Waals surface area contributed by atoms with Crippen LogP contribution in [-0.2, 0) is 0 Å². The normalized spacial score (nSPS) is 21.0. The molecule has 2 aliphatic rings. The lowest BCUT2D eigenvalue weighted by Gasteiger charge is -2.35. The Morgan fingerprint density at radius 2 is 1.89 bits per heavy atom. The standard InChI is InChI=1S/C12H16N4O2/c17-12(18)10-7-14-11(8-13-10)16-5-3-15(4-6-16)9-1-2-9/h7-9H,1-6H2,(H,17,18). The molecule has 1 aliphatic heterocycles. The Balaban J connectivity index is 1.62. The van der Waals surface area contributed by atoms with Gasteiger partial charge in [0.05, 0.1) is 12.4 Å². The van der Waals surface area contributed by atoms with Gasteiger partial charge in [0.25, 0.3) is 0 Å². The van der Waals surface area contributed by atoms with Crippen molar-refractivity contribution < 1.29 is 9.90 Å². The summed E-state index contributed by atoms with van der Waals surface area (Å²) in [6, 6.07) is 0.813. The first-order chi connectivity index (χ1) is 8.74. The predicted octanol–water partition coefficient (Wildman–Crippen LogP) is 0.459. The van der Waals surface area contributed by atoms with E-state index in [4.69, 9.17) is 5.11 Å². The van der Waals surface area contributed by atoms with Gasteiger partial charge in [0.2, 0.25) is 0 Å². The smallest absolute Gasteiger partial charge is 0.356 e. The molecule has 96 valence electrons. The Kier molecular flexibility index (Phi) is 2.87. The molecule has 6 heteroatoms. The summed E-state index contributed by atoms with van der Waals surface area (Å²) in [5.41, 5.74) is -0.00429. The van der Waals surface area contributed by atoms with Gasteiger partial charge in [0, 0.05) is 32.2 Å². The molecule has 0 unspecified atom stereocenters. The third-order valence-corrected chi connectivity index (χ3v) is 3.56. The third-order valence-electron chi connectivity index (χ3n) is 3.56. The lowest BCUT2D eigenvalue weighted by Crippen LogP contribution is -2.47. The number of piperazine rings is 1. The molecule has 2 heterocycles. The van der Waals surface area contributed by atoms with E-state index in [-0.39, 0.29) is 5.69 Å². The van der Waals surface area contributed by atoms with Gasteiger partial charge < -0.3 is 10.0 Å². The summed E-state index contributed by atoms with van der Waals surface area (Å²) in [4.78, 5) is 23.5. The third kappa shape index (κ3) is 2.28. The van der Waals surface area contributed by atoms with Crippen LogP contribution in [0.25, 0.3) is 0 Å². The van der Waals surface area contributed by atoms with Crippen molar-refractivity contribution in [2.45, 2.75) is 18.9 Å². The number of anilines is 1. The minimum atomic E-state index is -1.03. The highest BCUT2D eigenvalue weighted by Gasteiger charge is 2.31. The van der Waals surface area contributed by atoms with Crippen LogP contribution in [0, 0.1) is 0 Å². The van der Waals surface area contributed by atoms with Crippen LogP contribution in [0.2, 0.25) is 0 Å². The Hall–Kier alpha value is -1.69. The minimum Gasteiger partial charge on any atom is -0.476 e. The summed E-state index contributed by atoms with van der Waals surface area (Å²) < 4.78 is 0. The number of carboxylic acids is 1. The van der Waals surface area contributed by atoms with Gasteiger partial charge in [-0.2, -0.15) is 0 Å². The van der Waals surface area contributed by atoms with Gasteiger partial charge in [0.1, 0.15) is 5.82 Å². The fourth-order valence-electron chi connectivity index (χ4n) is 2.35. The molecule has 1 aliphatic carbocycles. The average molecular weight is 248 g/mol. The first kappa shape index (κ1) is 11.4. The van der Waals surface area contributed by atoms with E-state index in [2.05, 4.69) is 19.8 Å². The molecule has 1 saturated heterocycles. The van der Waals surface area contributed by atoms with Gasteiger partial charge in [-0.05, 0) is 12.8 Å². The number of rotatable bonds is 3. The quantitative estimate of drug-likeness (QED) is 0.838. The van der Waals surface area contributed by atoms with Crippen molar-refractivity contribution in [3.63, 3.8) is 0 Å². The van der Waals surface area contributed by atoms with Crippen LogP contribution < -0.4 is 4.90 Å². The number of hydrogen-bond acceptors (Lipinski definition) is 5. The Morgan fingerprint density at radius 1 is 1.17 bits per heavy atom. The molecule has 18 heavy (non-hydrogen) atoms. The highest BCUT2D eigenvalue weighted by atomic mass is 16.4. The maximum atomic E-state index is 10.7. The van der Waals surface area contributed by atoms with Crippen molar-refractivity contribution in [1.29, 1.82) is 0 Å². The average Bonchev–Trinajstić information content (AvgIpc) is 3.23. The number of carbonyl (C=O) groups is 1. The largest absolute Gasteiger partial charge is 0.476 e. The Morgan fingerprint density at radius 3 is 2.39 bits per heavy atom. The zero-order valence-corrected chi connectivity index (χ0v) is 10.1. The predicted molar refractivity (Wildman–Crippen MR) is 65.8 cm³/mol. The summed E-state index contributed by atoms with van der Waals surface area (Å²) in [6.45, 7) is 4.01. The van der Waals surface area contributed by atoms with Crippen LogP contribution in [-0.4, -0.2) is 58.2 Å². The first-order valence-corrected chi connectivity index (χ1v) is 6.28. The fourth-order valence-corrected chi connectivity index (χ4v) is 2.35. The zero-order chi connectivity index (χ0) is 12.5. The minimum absolute atomic E-state index is 0.00429. The van der Waals surface area contributed by atoms with Crippen LogP contribution in [0.4, 0.5) is 5.82 Å². The Labute approximate surface area is 105 Å². The summed E-state index contributed by atoms with van der Waals surface area (Å²) in [6.07, 6.45) is 5.56. The van der Waals surface area contributed by atoms with E-state index in [1.54, 1.807) is 6.20 Å². The monoisotopic (exact) mass is 248 g/mol. The van der Waals surface area contributed by atoms with Gasteiger partial charge >= 0.3 is 5.97 Å². The molecule has 0 bridgehead atoms. The molecule has 3 rings (SSSR count). The van der Waals surface area contributed by atoms with E-state index in [0.29, 0.717) is 0 Å². The van der Waals surface area contributed by atoms with E-state index in [1.165, 1.54) is 19.0 Å². The van der Waals surface area contributed by atoms with E-state index in [9.17, 15) is 4.79 Å². The van der Waals surface area contributed by atoms with Crippen LogP contribution >= 0.6 is 0 Å². The SMILES string of the molecule is O=C(O)c1cnc(N2CCN(C3CC3)CC2)cn1. The number of hydrogen-bond donors (Lipinski definition) is 1. The number of aromatic carboxylic acids is 1. The van der Waals surface area contributed by atoms with E-state index < -0.39 is 5.97 Å². The molecule has 2 fully saturated rings. The van der Waals surface area contributed by atoms with Crippen molar-refractivity contribution in [3.05, 3.63) is 18.1 Å². The lowest BCUT2D eigenvalue weighted by molar-refractivity contribution is 0.0690. The van der Waals surface area contributed by atoms with Crippen molar-refractivity contribution in [2.75, 3.05) is 31.1 Å². The summed E-state index contributed by atoms with van der Waals surface area (Å²) in [5.74, 6) is -0.261. The van der Waals surface area contributed by atoms with Crippen molar-refractivity contribution in [3.8, 4) is 0 Å².